The summed E-state index contributed by atoms with van der Waals surface area (Å²) in [6.45, 7) is 2.77. The largest absolute Gasteiger partial charge is 0.494 e. The van der Waals surface area contributed by atoms with E-state index in [-0.39, 0.29) is 17.0 Å². The van der Waals surface area contributed by atoms with E-state index in [1.54, 1.807) is 23.0 Å². The minimum Gasteiger partial charge on any atom is -0.494 e. The molecule has 0 spiro atoms. The van der Waals surface area contributed by atoms with Gasteiger partial charge in [0.05, 0.1) is 28.9 Å². The monoisotopic (exact) mass is 594 g/mol. The number of rotatable bonds is 10. The number of aromatic nitrogens is 5. The average molecular weight is 595 g/mol. The molecule has 43 heavy (non-hydrogen) atoms. The van der Waals surface area contributed by atoms with Gasteiger partial charge in [0, 0.05) is 29.0 Å². The second kappa shape index (κ2) is 11.9. The molecule has 3 aromatic carbocycles. The molecule has 6 aromatic rings. The number of nitro groups is 1. The quantitative estimate of drug-likeness (QED) is 0.119. The first kappa shape index (κ1) is 27.8. The molecular formula is C31H26N6O5S. The number of nitrogens with zero attached hydrogens (tertiary/aromatic N) is 6. The van der Waals surface area contributed by atoms with Crippen LogP contribution in [0.2, 0.25) is 0 Å². The van der Waals surface area contributed by atoms with Gasteiger partial charge in [0.25, 0.3) is 5.56 Å². The number of methoxy groups -OCH3 is 1. The summed E-state index contributed by atoms with van der Waals surface area (Å²) in [6, 6.07) is 21.6. The van der Waals surface area contributed by atoms with Gasteiger partial charge < -0.3 is 9.47 Å². The lowest BCUT2D eigenvalue weighted by molar-refractivity contribution is -0.385. The van der Waals surface area contributed by atoms with Gasteiger partial charge in [-0.2, -0.15) is 14.6 Å². The fraction of sp³-hybridized carbons (Fsp3) is 0.161. The summed E-state index contributed by atoms with van der Waals surface area (Å²) in [5.41, 5.74) is 2.64. The lowest BCUT2D eigenvalue weighted by Crippen LogP contribution is -2.23. The smallest absolute Gasteiger partial charge is 0.311 e. The van der Waals surface area contributed by atoms with E-state index in [0.29, 0.717) is 38.7 Å². The fourth-order valence-electron chi connectivity index (χ4n) is 4.54. The zero-order valence-corrected chi connectivity index (χ0v) is 24.2. The van der Waals surface area contributed by atoms with Gasteiger partial charge >= 0.3 is 5.69 Å². The van der Waals surface area contributed by atoms with Crippen molar-refractivity contribution in [3.8, 4) is 39.8 Å². The summed E-state index contributed by atoms with van der Waals surface area (Å²) in [6.07, 6.45) is 5.54. The van der Waals surface area contributed by atoms with E-state index in [2.05, 4.69) is 17.0 Å². The van der Waals surface area contributed by atoms with Crippen LogP contribution in [-0.4, -0.2) is 43.0 Å². The van der Waals surface area contributed by atoms with Crippen LogP contribution < -0.4 is 19.6 Å². The van der Waals surface area contributed by atoms with Crippen LogP contribution in [0.25, 0.3) is 39.4 Å². The maximum Gasteiger partial charge on any atom is 0.311 e. The number of fused-ring (bicyclic) bond motifs is 1. The number of unbranched alkanes of at least 4 members (excludes halogenated alkanes) is 1. The Morgan fingerprint density at radius 1 is 1.02 bits per heavy atom. The molecule has 0 aliphatic heterocycles. The molecule has 3 heterocycles. The maximum atomic E-state index is 13.4. The molecule has 0 aliphatic carbocycles. The number of para-hydroxylation sites is 1. The molecule has 216 valence electrons. The molecular weight excluding hydrogens is 568 g/mol. The summed E-state index contributed by atoms with van der Waals surface area (Å²) >= 11 is 1.21. The van der Waals surface area contributed by atoms with E-state index in [1.807, 2.05) is 54.6 Å². The van der Waals surface area contributed by atoms with Crippen molar-refractivity contribution in [3.63, 3.8) is 0 Å². The molecule has 3 aromatic heterocycles. The predicted molar refractivity (Wildman–Crippen MR) is 164 cm³/mol. The molecule has 6 rings (SSSR count). The van der Waals surface area contributed by atoms with E-state index >= 15 is 0 Å². The SMILES string of the molecule is CCCCOc1ccc(-c2nc3sc(=Cc4cn(-c5ccccc5)nc4-c4ccc(OC)c([N+](=O)[O-])c4)c(=O)n3n2)cc1. The second-order valence-electron chi connectivity index (χ2n) is 9.63. The number of ether oxygens (including phenoxy) is 2. The van der Waals surface area contributed by atoms with Gasteiger partial charge in [-0.15, -0.1) is 5.10 Å². The van der Waals surface area contributed by atoms with Gasteiger partial charge in [-0.3, -0.25) is 14.9 Å². The highest BCUT2D eigenvalue weighted by molar-refractivity contribution is 7.15. The Kier molecular flexibility index (Phi) is 7.67. The lowest BCUT2D eigenvalue weighted by Gasteiger charge is -2.05. The highest BCUT2D eigenvalue weighted by Gasteiger charge is 2.20. The molecule has 0 N–H and O–H groups in total. The van der Waals surface area contributed by atoms with Crippen LogP contribution in [-0.2, 0) is 0 Å². The third-order valence-corrected chi connectivity index (χ3v) is 7.72. The van der Waals surface area contributed by atoms with Gasteiger partial charge in [-0.05, 0) is 61.0 Å². The molecule has 0 unspecified atom stereocenters. The number of hydrogen-bond acceptors (Lipinski definition) is 9. The Morgan fingerprint density at radius 3 is 2.49 bits per heavy atom. The molecule has 0 amide bonds. The van der Waals surface area contributed by atoms with Crippen LogP contribution in [0.15, 0.2) is 83.8 Å². The Balaban J connectivity index is 1.40. The lowest BCUT2D eigenvalue weighted by atomic mass is 10.1. The average Bonchev–Trinajstić information content (AvgIpc) is 3.72. The number of benzene rings is 3. The molecule has 12 heteroatoms. The molecule has 0 bridgehead atoms. The normalized spacial score (nSPS) is 11.7. The molecule has 0 fully saturated rings. The second-order valence-corrected chi connectivity index (χ2v) is 10.6. The van der Waals surface area contributed by atoms with Crippen molar-refractivity contribution in [2.24, 2.45) is 0 Å². The maximum absolute atomic E-state index is 13.4. The van der Waals surface area contributed by atoms with Gasteiger partial charge in [0.1, 0.15) is 11.4 Å². The topological polar surface area (TPSA) is 127 Å². The summed E-state index contributed by atoms with van der Waals surface area (Å²) in [4.78, 5) is 29.7. The van der Waals surface area contributed by atoms with E-state index in [4.69, 9.17) is 14.6 Å². The van der Waals surface area contributed by atoms with Crippen LogP contribution in [0.4, 0.5) is 5.69 Å². The summed E-state index contributed by atoms with van der Waals surface area (Å²) in [5, 5.41) is 20.9. The third kappa shape index (κ3) is 5.60. The highest BCUT2D eigenvalue weighted by Crippen LogP contribution is 2.33. The number of nitro benzene ring substituents is 1. The van der Waals surface area contributed by atoms with Gasteiger partial charge in [-0.25, -0.2) is 4.68 Å². The fourth-order valence-corrected chi connectivity index (χ4v) is 5.44. The van der Waals surface area contributed by atoms with Crippen molar-refractivity contribution in [1.82, 2.24) is 24.4 Å². The highest BCUT2D eigenvalue weighted by atomic mass is 32.1. The molecule has 0 aliphatic rings. The minimum atomic E-state index is -0.500. The van der Waals surface area contributed by atoms with Gasteiger partial charge in [0.15, 0.2) is 11.6 Å². The summed E-state index contributed by atoms with van der Waals surface area (Å²) < 4.78 is 14.3. The van der Waals surface area contributed by atoms with E-state index in [9.17, 15) is 14.9 Å². The van der Waals surface area contributed by atoms with E-state index < -0.39 is 4.92 Å². The van der Waals surface area contributed by atoms with Crippen LogP contribution in [0.3, 0.4) is 0 Å². The van der Waals surface area contributed by atoms with Gasteiger partial charge in [0.2, 0.25) is 4.96 Å². The van der Waals surface area contributed by atoms with Crippen molar-refractivity contribution in [2.45, 2.75) is 19.8 Å². The molecule has 0 radical (unpaired) electrons. The predicted octanol–water partition coefficient (Wildman–Crippen LogP) is 5.31. The van der Waals surface area contributed by atoms with Crippen LogP contribution >= 0.6 is 11.3 Å². The first-order valence-corrected chi connectivity index (χ1v) is 14.4. The van der Waals surface area contributed by atoms with Crippen molar-refractivity contribution < 1.29 is 14.4 Å². The van der Waals surface area contributed by atoms with Crippen molar-refractivity contribution in [1.29, 1.82) is 0 Å². The van der Waals surface area contributed by atoms with Crippen molar-refractivity contribution >= 4 is 28.1 Å². The van der Waals surface area contributed by atoms with Crippen molar-refractivity contribution in [3.05, 3.63) is 110 Å². The molecule has 0 atom stereocenters. The Labute approximate surface area is 249 Å². The Hall–Kier alpha value is -5.36. The summed E-state index contributed by atoms with van der Waals surface area (Å²) in [5.74, 6) is 1.36. The van der Waals surface area contributed by atoms with Crippen LogP contribution in [0.5, 0.6) is 11.5 Å². The number of hydrogen-bond donors (Lipinski definition) is 0. The first-order valence-electron chi connectivity index (χ1n) is 13.6. The van der Waals surface area contributed by atoms with Gasteiger partial charge in [-0.1, -0.05) is 42.9 Å². The standard InChI is InChI=1S/C31H26N6O5S/c1-3-4-16-42-24-13-10-20(11-14-24)29-32-31-36(34-29)30(38)27(43-31)18-22-19-35(23-8-6-5-7-9-23)33-28(22)21-12-15-26(41-2)25(17-21)37(39)40/h5-15,17-19H,3-4,16H2,1-2H3. The molecule has 11 nitrogen and oxygen atoms in total. The zero-order valence-electron chi connectivity index (χ0n) is 23.3. The third-order valence-electron chi connectivity index (χ3n) is 6.76. The van der Waals surface area contributed by atoms with Crippen molar-refractivity contribution in [2.75, 3.05) is 13.7 Å². The molecule has 0 saturated heterocycles. The van der Waals surface area contributed by atoms with Crippen LogP contribution in [0.1, 0.15) is 25.3 Å². The minimum absolute atomic E-state index is 0.142. The number of thiazole rings is 1. The first-order chi connectivity index (χ1) is 20.9. The molecule has 0 saturated carbocycles. The van der Waals surface area contributed by atoms with E-state index in [1.165, 1.54) is 35.1 Å². The Bertz CT molecular complexity index is 2030. The zero-order chi connectivity index (χ0) is 29.9. The van der Waals surface area contributed by atoms with E-state index in [0.717, 1.165) is 29.8 Å². The summed E-state index contributed by atoms with van der Waals surface area (Å²) in [7, 11) is 1.38. The Morgan fingerprint density at radius 2 is 1.79 bits per heavy atom. The van der Waals surface area contributed by atoms with Crippen LogP contribution in [0, 0.1) is 10.1 Å².